The fourth-order valence-electron chi connectivity index (χ4n) is 3.16. The van der Waals surface area contributed by atoms with Gasteiger partial charge in [0.25, 0.3) is 0 Å². The van der Waals surface area contributed by atoms with Crippen molar-refractivity contribution in [1.82, 2.24) is 0 Å². The van der Waals surface area contributed by atoms with Crippen molar-refractivity contribution in [2.45, 2.75) is 31.0 Å². The lowest BCUT2D eigenvalue weighted by molar-refractivity contribution is -0.218. The molecular weight excluding hydrogens is 366 g/mol. The number of benzene rings is 1. The highest BCUT2D eigenvalue weighted by atomic mass is 79.9. The van der Waals surface area contributed by atoms with E-state index in [-0.39, 0.29) is 18.1 Å². The average molecular weight is 382 g/mol. The first kappa shape index (κ1) is 16.0. The highest BCUT2D eigenvalue weighted by Crippen LogP contribution is 2.47. The quantitative estimate of drug-likeness (QED) is 0.467. The molecule has 1 aromatic carbocycles. The zero-order valence-corrected chi connectivity index (χ0v) is 14.0. The minimum Gasteiger partial charge on any atom is -0.464 e. The molecule has 0 radical (unpaired) electrons. The number of rotatable bonds is 2. The highest BCUT2D eigenvalue weighted by molar-refractivity contribution is 9.10. The van der Waals surface area contributed by atoms with Crippen molar-refractivity contribution in [1.29, 1.82) is 0 Å². The van der Waals surface area contributed by atoms with Crippen molar-refractivity contribution in [3.8, 4) is 0 Å². The van der Waals surface area contributed by atoms with E-state index >= 15 is 0 Å². The Morgan fingerprint density at radius 2 is 2.26 bits per heavy atom. The molecule has 2 atom stereocenters. The lowest BCUT2D eigenvalue weighted by Gasteiger charge is -2.36. The summed E-state index contributed by atoms with van der Waals surface area (Å²) in [5.41, 5.74) is 2.20. The number of methoxy groups -OCH3 is 1. The number of ether oxygens (including phenoxy) is 2. The summed E-state index contributed by atoms with van der Waals surface area (Å²) in [5, 5.41) is 23.0. The molecule has 0 saturated heterocycles. The monoisotopic (exact) mass is 381 g/mol. The minimum absolute atomic E-state index is 0.0493. The molecule has 2 aliphatic rings. The van der Waals surface area contributed by atoms with Gasteiger partial charge < -0.3 is 19.8 Å². The van der Waals surface area contributed by atoms with Gasteiger partial charge in [0, 0.05) is 23.2 Å². The number of carbonyl (C=O) groups is 1. The lowest BCUT2D eigenvalue weighted by atomic mass is 9.83. The molecule has 7 heteroatoms. The Morgan fingerprint density at radius 3 is 2.91 bits per heavy atom. The molecule has 23 heavy (non-hydrogen) atoms. The number of carbonyl (C=O) groups excluding carboxylic acids is 1. The molecule has 122 valence electrons. The summed E-state index contributed by atoms with van der Waals surface area (Å²) in [6, 6.07) is 7.66. The van der Waals surface area contributed by atoms with Crippen molar-refractivity contribution >= 4 is 27.6 Å². The van der Waals surface area contributed by atoms with Crippen LogP contribution in [0.4, 0.5) is 0 Å². The Labute approximate surface area is 141 Å². The van der Waals surface area contributed by atoms with Crippen LogP contribution in [0.25, 0.3) is 0 Å². The molecule has 2 N–H and O–H groups in total. The van der Waals surface area contributed by atoms with Crippen LogP contribution in [0.3, 0.4) is 0 Å². The SMILES string of the molecule is COC(=O)[C@@]1(O)C[C@@H](c2cccc(Br)c2)C2=C(O1)/C(=N/O)CC2. The smallest absolute Gasteiger partial charge is 0.379 e. The summed E-state index contributed by atoms with van der Waals surface area (Å²) in [5.74, 6) is -2.90. The molecule has 1 heterocycles. The average Bonchev–Trinajstić information content (AvgIpc) is 2.95. The van der Waals surface area contributed by atoms with Gasteiger partial charge in [0.15, 0.2) is 0 Å². The summed E-state index contributed by atoms with van der Waals surface area (Å²) < 4.78 is 11.1. The summed E-state index contributed by atoms with van der Waals surface area (Å²) in [6.45, 7) is 0. The van der Waals surface area contributed by atoms with Crippen molar-refractivity contribution < 1.29 is 24.6 Å². The second-order valence-electron chi connectivity index (χ2n) is 5.59. The normalized spacial score (nSPS) is 28.5. The van der Waals surface area contributed by atoms with Crippen molar-refractivity contribution in [3.05, 3.63) is 45.6 Å². The molecule has 0 fully saturated rings. The topological polar surface area (TPSA) is 88.4 Å². The van der Waals surface area contributed by atoms with Gasteiger partial charge in [-0.3, -0.25) is 0 Å². The Balaban J connectivity index is 2.09. The first-order chi connectivity index (χ1) is 11.0. The fourth-order valence-corrected chi connectivity index (χ4v) is 3.57. The standard InChI is InChI=1S/C16H16BrNO5/c1-22-15(19)16(20)8-12(9-3-2-4-10(17)7-9)11-5-6-13(18-21)14(11)23-16/h2-4,7,12,20-21H,5-6,8H2,1H3/b18-13+/t12-,16+/m0/s1. The fraction of sp³-hybridized carbons (Fsp3) is 0.375. The van der Waals surface area contributed by atoms with Crippen LogP contribution >= 0.6 is 15.9 Å². The van der Waals surface area contributed by atoms with Gasteiger partial charge in [-0.1, -0.05) is 33.2 Å². The van der Waals surface area contributed by atoms with Crippen LogP contribution in [0.5, 0.6) is 0 Å². The number of hydrogen-bond donors (Lipinski definition) is 2. The minimum atomic E-state index is -2.10. The first-order valence-electron chi connectivity index (χ1n) is 7.18. The van der Waals surface area contributed by atoms with Gasteiger partial charge in [0.1, 0.15) is 11.5 Å². The largest absolute Gasteiger partial charge is 0.464 e. The molecule has 3 rings (SSSR count). The third kappa shape index (κ3) is 2.74. The van der Waals surface area contributed by atoms with E-state index in [4.69, 9.17) is 9.94 Å². The van der Waals surface area contributed by atoms with Crippen LogP contribution in [-0.4, -0.2) is 34.9 Å². The Kier molecular flexibility index (Phi) is 4.16. The first-order valence-corrected chi connectivity index (χ1v) is 7.97. The van der Waals surface area contributed by atoms with Crippen LogP contribution in [0.2, 0.25) is 0 Å². The van der Waals surface area contributed by atoms with E-state index < -0.39 is 11.8 Å². The Bertz CT molecular complexity index is 714. The van der Waals surface area contributed by atoms with E-state index in [1.807, 2.05) is 24.3 Å². The van der Waals surface area contributed by atoms with Gasteiger partial charge in [-0.05, 0) is 29.7 Å². The van der Waals surface area contributed by atoms with E-state index in [0.29, 0.717) is 18.6 Å². The van der Waals surface area contributed by atoms with Crippen molar-refractivity contribution in [3.63, 3.8) is 0 Å². The number of oxime groups is 1. The number of esters is 1. The highest BCUT2D eigenvalue weighted by Gasteiger charge is 2.50. The van der Waals surface area contributed by atoms with E-state index in [9.17, 15) is 9.90 Å². The second-order valence-corrected chi connectivity index (χ2v) is 6.51. The van der Waals surface area contributed by atoms with Crippen LogP contribution in [0.15, 0.2) is 45.2 Å². The van der Waals surface area contributed by atoms with E-state index in [0.717, 1.165) is 15.6 Å². The zero-order valence-electron chi connectivity index (χ0n) is 12.5. The van der Waals surface area contributed by atoms with E-state index in [1.165, 1.54) is 7.11 Å². The number of halogens is 1. The van der Waals surface area contributed by atoms with Gasteiger partial charge in [-0.2, -0.15) is 0 Å². The molecule has 0 aromatic heterocycles. The van der Waals surface area contributed by atoms with Gasteiger partial charge >= 0.3 is 11.8 Å². The molecule has 0 unspecified atom stereocenters. The van der Waals surface area contributed by atoms with Crippen molar-refractivity contribution in [2.75, 3.05) is 7.11 Å². The van der Waals surface area contributed by atoms with Gasteiger partial charge in [0.05, 0.1) is 7.11 Å². The third-order valence-corrected chi connectivity index (χ3v) is 4.73. The van der Waals surface area contributed by atoms with Crippen LogP contribution in [-0.2, 0) is 14.3 Å². The molecule has 1 aromatic rings. The van der Waals surface area contributed by atoms with Crippen LogP contribution < -0.4 is 0 Å². The Morgan fingerprint density at radius 1 is 1.48 bits per heavy atom. The van der Waals surface area contributed by atoms with E-state index in [1.54, 1.807) is 0 Å². The number of allylic oxidation sites excluding steroid dienone is 2. The summed E-state index contributed by atoms with van der Waals surface area (Å²) in [6.07, 6.45) is 1.21. The van der Waals surface area contributed by atoms with Gasteiger partial charge in [-0.15, -0.1) is 0 Å². The summed E-state index contributed by atoms with van der Waals surface area (Å²) in [7, 11) is 1.19. The molecule has 6 nitrogen and oxygen atoms in total. The maximum Gasteiger partial charge on any atom is 0.379 e. The Hall–Kier alpha value is -1.86. The maximum absolute atomic E-state index is 12.0. The lowest BCUT2D eigenvalue weighted by Crippen LogP contribution is -2.46. The molecule has 0 bridgehead atoms. The van der Waals surface area contributed by atoms with E-state index in [2.05, 4.69) is 25.8 Å². The predicted octanol–water partition coefficient (Wildman–Crippen LogP) is 2.69. The number of hydrogen-bond acceptors (Lipinski definition) is 6. The third-order valence-electron chi connectivity index (χ3n) is 4.23. The van der Waals surface area contributed by atoms with Crippen LogP contribution in [0, 0.1) is 0 Å². The molecule has 1 aliphatic heterocycles. The number of aliphatic hydroxyl groups is 1. The summed E-state index contributed by atoms with van der Waals surface area (Å²) in [4.78, 5) is 12.0. The molecule has 0 saturated carbocycles. The predicted molar refractivity (Wildman–Crippen MR) is 85.0 cm³/mol. The molecular formula is C16H16BrNO5. The summed E-state index contributed by atoms with van der Waals surface area (Å²) >= 11 is 3.43. The van der Waals surface area contributed by atoms with Gasteiger partial charge in [0.2, 0.25) is 0 Å². The molecule has 1 aliphatic carbocycles. The number of nitrogens with zero attached hydrogens (tertiary/aromatic N) is 1. The van der Waals surface area contributed by atoms with Crippen molar-refractivity contribution in [2.24, 2.45) is 5.16 Å². The maximum atomic E-state index is 12.0. The zero-order chi connectivity index (χ0) is 16.6. The van der Waals surface area contributed by atoms with Crippen LogP contribution in [0.1, 0.15) is 30.7 Å². The molecule has 0 spiro atoms. The second kappa shape index (κ2) is 5.98. The molecule has 0 amide bonds. The van der Waals surface area contributed by atoms with Gasteiger partial charge in [-0.25, -0.2) is 4.79 Å².